The molecule has 2 heterocycles. The maximum absolute atomic E-state index is 13.8. The Labute approximate surface area is 208 Å². The summed E-state index contributed by atoms with van der Waals surface area (Å²) in [4.78, 5) is 23.3. The number of esters is 2. The molecule has 0 spiro atoms. The van der Waals surface area contributed by atoms with Gasteiger partial charge < -0.3 is 28.8 Å². The lowest BCUT2D eigenvalue weighted by molar-refractivity contribution is 0.0507. The molecule has 36 heavy (non-hydrogen) atoms. The zero-order chi connectivity index (χ0) is 25.3. The first-order valence-electron chi connectivity index (χ1n) is 11.1. The van der Waals surface area contributed by atoms with E-state index in [1.165, 1.54) is 18.1 Å². The SMILES string of the molecule is C.CCOC(=O)c1c(F)ccc2c1OB(O)C=C2.CCOC(=O)c1c(F)ccc2c1OB(O)[C@@H]1C[C@H]21. The minimum atomic E-state index is -1.18. The Morgan fingerprint density at radius 1 is 0.972 bits per heavy atom. The number of halogens is 2. The summed E-state index contributed by atoms with van der Waals surface area (Å²) in [6.45, 7) is 3.58. The maximum Gasteiger partial charge on any atom is 0.552 e. The third-order valence-corrected chi connectivity index (χ3v) is 5.76. The standard InChI is InChI=1S/C12H12BFO4.C11H10BFO4.CH4/c1-2-17-12(15)10-9(14)4-3-6-7-5-8(7)13(16)18-11(6)10;1-2-16-11(14)9-8(13)4-3-7-5-6-12(15)17-10(7)9;/h3-4,7-8,16H,2,5H2,1H3;3-6,15H,2H2,1H3;1H4/t7-,8-;;/m1../s1. The number of ether oxygens (including phenoxy) is 2. The van der Waals surface area contributed by atoms with Gasteiger partial charge in [-0.05, 0) is 55.9 Å². The van der Waals surface area contributed by atoms with E-state index in [9.17, 15) is 28.4 Å². The number of carbonyl (C=O) groups excluding carboxylic acids is 2. The van der Waals surface area contributed by atoms with Crippen molar-refractivity contribution < 1.29 is 47.2 Å². The summed E-state index contributed by atoms with van der Waals surface area (Å²) in [6, 6.07) is 5.50. The summed E-state index contributed by atoms with van der Waals surface area (Å²) < 4.78 is 47.2. The topological polar surface area (TPSA) is 112 Å². The minimum Gasteiger partial charge on any atom is -0.535 e. The van der Waals surface area contributed by atoms with E-state index < -0.39 is 37.8 Å². The molecular weight excluding hydrogens is 476 g/mol. The van der Waals surface area contributed by atoms with Crippen LogP contribution >= 0.6 is 0 Å². The van der Waals surface area contributed by atoms with Crippen LogP contribution in [-0.2, 0) is 9.47 Å². The zero-order valence-corrected chi connectivity index (χ0v) is 19.0. The molecule has 5 rings (SSSR count). The lowest BCUT2D eigenvalue weighted by atomic mass is 9.77. The third-order valence-electron chi connectivity index (χ3n) is 5.76. The summed E-state index contributed by atoms with van der Waals surface area (Å²) in [7, 11) is -2.14. The van der Waals surface area contributed by atoms with E-state index >= 15 is 0 Å². The lowest BCUT2D eigenvalue weighted by Crippen LogP contribution is -2.28. The van der Waals surface area contributed by atoms with Gasteiger partial charge in [0.05, 0.1) is 13.2 Å². The molecule has 2 aliphatic heterocycles. The molecule has 3 aliphatic rings. The van der Waals surface area contributed by atoms with Crippen LogP contribution in [0.25, 0.3) is 6.08 Å². The molecule has 190 valence electrons. The number of hydrogen-bond donors (Lipinski definition) is 2. The Kier molecular flexibility index (Phi) is 8.42. The fourth-order valence-corrected chi connectivity index (χ4v) is 4.06. The van der Waals surface area contributed by atoms with Crippen LogP contribution in [0.4, 0.5) is 8.78 Å². The molecule has 2 aromatic carbocycles. The summed E-state index contributed by atoms with van der Waals surface area (Å²) in [5.41, 5.74) is 0.820. The summed E-state index contributed by atoms with van der Waals surface area (Å²) in [6.07, 6.45) is 2.37. The van der Waals surface area contributed by atoms with Gasteiger partial charge in [0, 0.05) is 11.4 Å². The highest BCUT2D eigenvalue weighted by Gasteiger charge is 2.54. The number of benzene rings is 2. The van der Waals surface area contributed by atoms with Gasteiger partial charge in [0.25, 0.3) is 0 Å². The van der Waals surface area contributed by atoms with Crippen LogP contribution in [0.3, 0.4) is 0 Å². The Morgan fingerprint density at radius 3 is 2.17 bits per heavy atom. The average Bonchev–Trinajstić information content (AvgIpc) is 3.61. The molecule has 0 amide bonds. The van der Waals surface area contributed by atoms with Gasteiger partial charge in [0.1, 0.15) is 34.3 Å². The number of hydrogen-bond acceptors (Lipinski definition) is 8. The van der Waals surface area contributed by atoms with Crippen LogP contribution < -0.4 is 9.31 Å². The molecule has 0 saturated heterocycles. The highest BCUT2D eigenvalue weighted by molar-refractivity contribution is 6.51. The van der Waals surface area contributed by atoms with Crippen LogP contribution in [-0.4, -0.2) is 49.4 Å². The highest BCUT2D eigenvalue weighted by atomic mass is 19.1. The Hall–Kier alpha value is -3.37. The third kappa shape index (κ3) is 5.24. The van der Waals surface area contributed by atoms with E-state index in [1.807, 2.05) is 0 Å². The van der Waals surface area contributed by atoms with Crippen molar-refractivity contribution in [3.63, 3.8) is 0 Å². The molecule has 1 fully saturated rings. The second kappa shape index (κ2) is 11.1. The van der Waals surface area contributed by atoms with Crippen LogP contribution in [0.2, 0.25) is 5.82 Å². The second-order valence-corrected chi connectivity index (χ2v) is 8.00. The van der Waals surface area contributed by atoms with Crippen molar-refractivity contribution >= 4 is 32.3 Å². The van der Waals surface area contributed by atoms with Gasteiger partial charge in [-0.2, -0.15) is 0 Å². The molecule has 2 atom stereocenters. The van der Waals surface area contributed by atoms with Gasteiger partial charge in [-0.25, -0.2) is 18.4 Å². The zero-order valence-electron chi connectivity index (χ0n) is 19.0. The predicted molar refractivity (Wildman–Crippen MR) is 129 cm³/mol. The van der Waals surface area contributed by atoms with Gasteiger partial charge in [0.2, 0.25) is 0 Å². The predicted octanol–water partition coefficient (Wildman–Crippen LogP) is 3.80. The minimum absolute atomic E-state index is 0. The molecule has 0 bridgehead atoms. The molecule has 0 radical (unpaired) electrons. The van der Waals surface area contributed by atoms with Gasteiger partial charge >= 0.3 is 26.2 Å². The maximum atomic E-state index is 13.8. The van der Waals surface area contributed by atoms with E-state index in [0.717, 1.165) is 18.1 Å². The molecule has 1 saturated carbocycles. The fourth-order valence-electron chi connectivity index (χ4n) is 4.06. The van der Waals surface area contributed by atoms with E-state index in [-0.39, 0.29) is 55.0 Å². The molecule has 0 unspecified atom stereocenters. The van der Waals surface area contributed by atoms with Crippen LogP contribution in [0.15, 0.2) is 30.2 Å². The van der Waals surface area contributed by atoms with E-state index in [0.29, 0.717) is 5.56 Å². The number of carbonyl (C=O) groups is 2. The molecule has 0 aromatic heterocycles. The first-order valence-corrected chi connectivity index (χ1v) is 11.1. The smallest absolute Gasteiger partial charge is 0.535 e. The van der Waals surface area contributed by atoms with Crippen molar-refractivity contribution in [2.75, 3.05) is 13.2 Å². The first kappa shape index (κ1) is 27.2. The van der Waals surface area contributed by atoms with Gasteiger partial charge in [-0.1, -0.05) is 19.6 Å². The van der Waals surface area contributed by atoms with Crippen molar-refractivity contribution in [1.82, 2.24) is 0 Å². The van der Waals surface area contributed by atoms with Crippen LogP contribution in [0.1, 0.15) is 65.5 Å². The molecule has 12 heteroatoms. The monoisotopic (exact) mass is 502 g/mol. The first-order chi connectivity index (χ1) is 16.8. The molecule has 2 aromatic rings. The number of fused-ring (bicyclic) bond motifs is 4. The van der Waals surface area contributed by atoms with Crippen molar-refractivity contribution in [1.29, 1.82) is 0 Å². The second-order valence-electron chi connectivity index (χ2n) is 8.00. The fraction of sp³-hybridized carbons (Fsp3) is 0.333. The van der Waals surface area contributed by atoms with Gasteiger partial charge in [0.15, 0.2) is 0 Å². The van der Waals surface area contributed by atoms with E-state index in [2.05, 4.69) is 0 Å². The Balaban J connectivity index is 0.000000196. The molecule has 2 N–H and O–H groups in total. The van der Waals surface area contributed by atoms with Crippen molar-refractivity contribution in [3.8, 4) is 11.5 Å². The summed E-state index contributed by atoms with van der Waals surface area (Å²) in [5, 5.41) is 19.0. The largest absolute Gasteiger partial charge is 0.552 e. The van der Waals surface area contributed by atoms with E-state index in [1.54, 1.807) is 26.0 Å². The van der Waals surface area contributed by atoms with Crippen molar-refractivity contribution in [3.05, 3.63) is 64.1 Å². The average molecular weight is 502 g/mol. The van der Waals surface area contributed by atoms with Crippen molar-refractivity contribution in [2.24, 2.45) is 0 Å². The van der Waals surface area contributed by atoms with Gasteiger partial charge in [-0.3, -0.25) is 0 Å². The summed E-state index contributed by atoms with van der Waals surface area (Å²) >= 11 is 0. The lowest BCUT2D eigenvalue weighted by Gasteiger charge is -2.21. The molecule has 8 nitrogen and oxygen atoms in total. The van der Waals surface area contributed by atoms with Crippen LogP contribution in [0.5, 0.6) is 11.5 Å². The van der Waals surface area contributed by atoms with E-state index in [4.69, 9.17) is 18.8 Å². The Morgan fingerprint density at radius 2 is 1.56 bits per heavy atom. The summed E-state index contributed by atoms with van der Waals surface area (Å²) in [5.74, 6) is -1.19. The van der Waals surface area contributed by atoms with Crippen molar-refractivity contribution in [2.45, 2.75) is 39.4 Å². The molecule has 1 aliphatic carbocycles. The molecular formula is C24H26B2F2O8. The quantitative estimate of drug-likeness (QED) is 0.480. The highest BCUT2D eigenvalue weighted by Crippen LogP contribution is 2.60. The number of rotatable bonds is 4. The normalized spacial score (nSPS) is 18.1. The van der Waals surface area contributed by atoms with Crippen LogP contribution in [0, 0.1) is 11.6 Å². The Bertz CT molecular complexity index is 1190. The van der Waals surface area contributed by atoms with Gasteiger partial charge in [-0.15, -0.1) is 0 Å².